The van der Waals surface area contributed by atoms with Crippen molar-refractivity contribution in [1.29, 1.82) is 0 Å². The summed E-state index contributed by atoms with van der Waals surface area (Å²) in [4.78, 5) is 0. The molecule has 2 rings (SSSR count). The Morgan fingerprint density at radius 2 is 2.22 bits per heavy atom. The zero-order valence-electron chi connectivity index (χ0n) is 9.26. The molecule has 1 aromatic carbocycles. The number of azo groups is 1. The van der Waals surface area contributed by atoms with Crippen molar-refractivity contribution in [3.05, 3.63) is 24.8 Å². The molecule has 0 aliphatic carbocycles. The third-order valence-electron chi connectivity index (χ3n) is 2.02. The van der Waals surface area contributed by atoms with E-state index in [0.717, 1.165) is 18.5 Å². The van der Waals surface area contributed by atoms with Gasteiger partial charge in [0.05, 0.1) is 17.2 Å². The Labute approximate surface area is 130 Å². The Morgan fingerprint density at radius 3 is 2.89 bits per heavy atom. The van der Waals surface area contributed by atoms with Gasteiger partial charge < -0.3 is 4.74 Å². The van der Waals surface area contributed by atoms with Crippen LogP contribution in [-0.2, 0) is 6.54 Å². The molecule has 0 atom stereocenters. The van der Waals surface area contributed by atoms with E-state index in [0.29, 0.717) is 6.54 Å². The molecule has 0 unspecified atom stereocenters. The van der Waals surface area contributed by atoms with E-state index >= 15 is 0 Å². The van der Waals surface area contributed by atoms with E-state index in [9.17, 15) is 0 Å². The predicted octanol–water partition coefficient (Wildman–Crippen LogP) is 2.70. The van der Waals surface area contributed by atoms with Gasteiger partial charge in [0.25, 0.3) is 0 Å². The van der Waals surface area contributed by atoms with Crippen LogP contribution in [0.2, 0.25) is 0 Å². The highest BCUT2D eigenvalue weighted by atomic mass is 127. The van der Waals surface area contributed by atoms with Crippen molar-refractivity contribution in [1.82, 2.24) is 20.6 Å². The second kappa shape index (κ2) is 6.36. The minimum atomic E-state index is 0.217. The minimum absolute atomic E-state index is 0.217. The van der Waals surface area contributed by atoms with Crippen molar-refractivity contribution in [3.8, 4) is 5.75 Å². The van der Waals surface area contributed by atoms with Gasteiger partial charge in [0.2, 0.25) is 0 Å². The number of benzene rings is 1. The molecule has 1 N–H and O–H groups in total. The Bertz CT molecular complexity index is 556. The van der Waals surface area contributed by atoms with Gasteiger partial charge in [-0.1, -0.05) is 5.10 Å². The van der Waals surface area contributed by atoms with Crippen molar-refractivity contribution in [2.75, 3.05) is 7.11 Å². The maximum absolute atomic E-state index is 5.36. The molecule has 7 nitrogen and oxygen atoms in total. The number of H-pyrrole nitrogens is 1. The Morgan fingerprint density at radius 1 is 1.39 bits per heavy atom. The quantitative estimate of drug-likeness (QED) is 0.550. The van der Waals surface area contributed by atoms with Crippen LogP contribution in [0.25, 0.3) is 0 Å². The molecule has 2 aromatic rings. The van der Waals surface area contributed by atoms with Crippen LogP contribution in [-0.4, -0.2) is 27.7 Å². The van der Waals surface area contributed by atoms with E-state index in [2.05, 4.69) is 76.0 Å². The third-order valence-corrected chi connectivity index (χ3v) is 3.45. The van der Waals surface area contributed by atoms with Gasteiger partial charge in [-0.2, -0.15) is 10.3 Å². The standard InChI is InChI=1S/C9H8I2N6O/c1-18-8-5(2-6(10)3-7(8)11)4-12-13-9-14-16-17-15-9/h2-3H,4H2,1H3,(H,14,15,16,17). The normalized spacial score (nSPS) is 11.1. The molecule has 0 spiro atoms. The molecular formula is C9H8I2N6O. The van der Waals surface area contributed by atoms with E-state index in [4.69, 9.17) is 4.74 Å². The number of nitrogens with one attached hydrogen (secondary N) is 1. The van der Waals surface area contributed by atoms with Crippen LogP contribution in [0.1, 0.15) is 5.56 Å². The molecular weight excluding hydrogens is 462 g/mol. The molecule has 0 saturated heterocycles. The molecule has 94 valence electrons. The van der Waals surface area contributed by atoms with Gasteiger partial charge in [-0.25, -0.2) is 0 Å². The van der Waals surface area contributed by atoms with E-state index in [1.807, 2.05) is 12.1 Å². The Balaban J connectivity index is 2.18. The smallest absolute Gasteiger partial charge is 0.307 e. The van der Waals surface area contributed by atoms with E-state index in [1.54, 1.807) is 7.11 Å². The molecule has 0 fully saturated rings. The highest BCUT2D eigenvalue weighted by Crippen LogP contribution is 2.28. The Hall–Kier alpha value is -0.850. The molecule has 0 bridgehead atoms. The molecule has 1 aromatic heterocycles. The third kappa shape index (κ3) is 3.34. The Kier molecular flexibility index (Phi) is 4.79. The number of aromatic nitrogens is 4. The van der Waals surface area contributed by atoms with Gasteiger partial charge in [-0.15, -0.1) is 10.2 Å². The number of ether oxygens (including phenoxy) is 1. The SMILES string of the molecule is COc1c(I)cc(I)cc1CN=Nc1nn[nH]n1. The lowest BCUT2D eigenvalue weighted by molar-refractivity contribution is 0.406. The number of rotatable bonds is 4. The first-order chi connectivity index (χ1) is 8.70. The van der Waals surface area contributed by atoms with E-state index in [1.165, 1.54) is 0 Å². The summed E-state index contributed by atoms with van der Waals surface area (Å²) in [6.07, 6.45) is 0. The van der Waals surface area contributed by atoms with E-state index in [-0.39, 0.29) is 5.95 Å². The molecule has 0 radical (unpaired) electrons. The van der Waals surface area contributed by atoms with Gasteiger partial charge in [0.15, 0.2) is 0 Å². The summed E-state index contributed by atoms with van der Waals surface area (Å²) in [7, 11) is 1.64. The number of methoxy groups -OCH3 is 1. The minimum Gasteiger partial charge on any atom is -0.495 e. The van der Waals surface area contributed by atoms with Crippen molar-refractivity contribution >= 4 is 51.1 Å². The van der Waals surface area contributed by atoms with Crippen LogP contribution >= 0.6 is 45.2 Å². The summed E-state index contributed by atoms with van der Waals surface area (Å²) in [5, 5.41) is 20.9. The zero-order valence-corrected chi connectivity index (χ0v) is 13.6. The van der Waals surface area contributed by atoms with Crippen LogP contribution in [0.15, 0.2) is 22.4 Å². The van der Waals surface area contributed by atoms with Gasteiger partial charge in [0.1, 0.15) is 5.75 Å². The summed E-state index contributed by atoms with van der Waals surface area (Å²) in [6, 6.07) is 4.05. The topological polar surface area (TPSA) is 88.4 Å². The maximum Gasteiger partial charge on any atom is 0.307 e. The summed E-state index contributed by atoms with van der Waals surface area (Å²) in [5.41, 5.74) is 0.973. The summed E-state index contributed by atoms with van der Waals surface area (Å²) >= 11 is 4.49. The van der Waals surface area contributed by atoms with Crippen LogP contribution in [0, 0.1) is 7.14 Å². The number of tetrazole rings is 1. The molecule has 1 heterocycles. The lowest BCUT2D eigenvalue weighted by Gasteiger charge is -2.08. The lowest BCUT2D eigenvalue weighted by atomic mass is 10.2. The first-order valence-corrected chi connectivity index (χ1v) is 6.99. The van der Waals surface area contributed by atoms with Crippen molar-refractivity contribution < 1.29 is 4.74 Å². The van der Waals surface area contributed by atoms with Gasteiger partial charge in [-0.3, -0.25) is 0 Å². The first-order valence-electron chi connectivity index (χ1n) is 4.83. The monoisotopic (exact) mass is 470 g/mol. The summed E-state index contributed by atoms with van der Waals surface area (Å²) in [6.45, 7) is 0.407. The second-order valence-electron chi connectivity index (χ2n) is 3.19. The van der Waals surface area contributed by atoms with Crippen molar-refractivity contribution in [2.45, 2.75) is 6.54 Å². The molecule has 9 heteroatoms. The van der Waals surface area contributed by atoms with Crippen molar-refractivity contribution in [3.63, 3.8) is 0 Å². The maximum atomic E-state index is 5.36. The average Bonchev–Trinajstić information content (AvgIpc) is 2.81. The number of hydrogen-bond acceptors (Lipinski definition) is 6. The van der Waals surface area contributed by atoms with Gasteiger partial charge >= 0.3 is 5.95 Å². The molecule has 0 saturated carbocycles. The fraction of sp³-hybridized carbons (Fsp3) is 0.222. The fourth-order valence-electron chi connectivity index (χ4n) is 1.33. The highest BCUT2D eigenvalue weighted by Gasteiger charge is 2.08. The van der Waals surface area contributed by atoms with Crippen molar-refractivity contribution in [2.24, 2.45) is 10.2 Å². The summed E-state index contributed by atoms with van der Waals surface area (Å²) < 4.78 is 7.53. The van der Waals surface area contributed by atoms with Crippen LogP contribution in [0.3, 0.4) is 0 Å². The number of hydrogen-bond donors (Lipinski definition) is 1. The number of halogens is 2. The fourth-order valence-corrected chi connectivity index (χ4v) is 3.52. The number of aromatic amines is 1. The first kappa shape index (κ1) is 13.6. The zero-order chi connectivity index (χ0) is 13.0. The lowest BCUT2D eigenvalue weighted by Crippen LogP contribution is -1.95. The average molecular weight is 470 g/mol. The largest absolute Gasteiger partial charge is 0.495 e. The second-order valence-corrected chi connectivity index (χ2v) is 5.60. The molecule has 0 amide bonds. The summed E-state index contributed by atoms with van der Waals surface area (Å²) in [5.74, 6) is 1.04. The highest BCUT2D eigenvalue weighted by molar-refractivity contribution is 14.1. The van der Waals surface area contributed by atoms with Gasteiger partial charge in [-0.05, 0) is 62.5 Å². The van der Waals surface area contributed by atoms with Gasteiger partial charge in [0, 0.05) is 9.13 Å². The predicted molar refractivity (Wildman–Crippen MR) is 80.8 cm³/mol. The number of nitrogens with zero attached hydrogens (tertiary/aromatic N) is 5. The molecule has 18 heavy (non-hydrogen) atoms. The molecule has 0 aliphatic rings. The van der Waals surface area contributed by atoms with E-state index < -0.39 is 0 Å². The molecule has 0 aliphatic heterocycles. The van der Waals surface area contributed by atoms with Crippen LogP contribution < -0.4 is 4.74 Å². The van der Waals surface area contributed by atoms with Crippen LogP contribution in [0.5, 0.6) is 5.75 Å². The van der Waals surface area contributed by atoms with Crippen LogP contribution in [0.4, 0.5) is 5.95 Å².